The zero-order valence-corrected chi connectivity index (χ0v) is 2.68. The molecule has 0 unspecified atom stereocenters. The van der Waals surface area contributed by atoms with Gasteiger partial charge in [-0.1, -0.05) is 0 Å². The highest BCUT2D eigenvalue weighted by molar-refractivity contribution is 8.01. The Balaban J connectivity index is 2.32. The van der Waals surface area contributed by atoms with Crippen molar-refractivity contribution in [3.63, 3.8) is 0 Å². The molecule has 0 aliphatic rings. The molecule has 0 bridgehead atoms. The number of hydrogen-bond acceptors (Lipinski definition) is 3. The molecule has 0 fully saturated rings. The van der Waals surface area contributed by atoms with E-state index in [0.717, 1.165) is 0 Å². The van der Waals surface area contributed by atoms with Gasteiger partial charge in [0.2, 0.25) is 0 Å². The molecule has 0 rings (SSSR count). The van der Waals surface area contributed by atoms with Gasteiger partial charge < -0.3 is 13.7 Å². The molecular formula is H4O3S. The minimum Gasteiger partial charge on any atom is -0.310 e. The van der Waals surface area contributed by atoms with Crippen LogP contribution in [0, 0.1) is 0 Å². The lowest BCUT2D eigenvalue weighted by Gasteiger charge is -1.86. The van der Waals surface area contributed by atoms with Gasteiger partial charge in [0.1, 0.15) is 0 Å². The first kappa shape index (κ1) is 4.23. The van der Waals surface area contributed by atoms with Crippen molar-refractivity contribution >= 4 is 11.7 Å². The first-order valence-corrected chi connectivity index (χ1v) is 1.80. The quantitative estimate of drug-likeness (QED) is 0.321. The Morgan fingerprint density at radius 2 is 1.00 bits per heavy atom. The van der Waals surface area contributed by atoms with Gasteiger partial charge in [0.05, 0.1) is 11.7 Å². The summed E-state index contributed by atoms with van der Waals surface area (Å²) in [6.07, 6.45) is 0. The Morgan fingerprint density at radius 1 is 1.00 bits per heavy atom. The molecule has 3 nitrogen and oxygen atoms in total. The van der Waals surface area contributed by atoms with Crippen LogP contribution in [0.5, 0.6) is 0 Å². The van der Waals surface area contributed by atoms with E-state index in [9.17, 15) is 0 Å². The van der Waals surface area contributed by atoms with Gasteiger partial charge in [-0.05, 0) is 0 Å². The second-order valence-corrected chi connectivity index (χ2v) is 0.805. The van der Waals surface area contributed by atoms with Crippen molar-refractivity contribution in [2.45, 2.75) is 0 Å². The molecule has 0 amide bonds. The van der Waals surface area contributed by atoms with Crippen molar-refractivity contribution in [1.29, 1.82) is 0 Å². The van der Waals surface area contributed by atoms with E-state index < -0.39 is 11.7 Å². The Hall–Kier alpha value is 0.230. The maximum Gasteiger partial charge on any atom is 0.0687 e. The van der Waals surface area contributed by atoms with E-state index in [4.69, 9.17) is 13.7 Å². The average Bonchev–Trinajstić information content (AvgIpc) is 0.811. The first-order valence-electron chi connectivity index (χ1n) is 0.600. The highest BCUT2D eigenvalue weighted by Gasteiger charge is 1.62. The van der Waals surface area contributed by atoms with Gasteiger partial charge >= 0.3 is 0 Å². The first-order chi connectivity index (χ1) is 1.73. The van der Waals surface area contributed by atoms with Gasteiger partial charge in [0.15, 0.2) is 0 Å². The molecule has 0 aromatic heterocycles. The van der Waals surface area contributed by atoms with Crippen molar-refractivity contribution < 1.29 is 13.7 Å². The average molecular weight is 84.1 g/mol. The van der Waals surface area contributed by atoms with Crippen LogP contribution in [0.3, 0.4) is 0 Å². The van der Waals surface area contributed by atoms with E-state index in [1.54, 1.807) is 0 Å². The standard InChI is InChI=1S/H4O3S/c1-4(2)3/h1-4H. The Bertz CT molecular complexity index is 8.00. The summed E-state index contributed by atoms with van der Waals surface area (Å²) < 4.78 is 21.7. The summed E-state index contributed by atoms with van der Waals surface area (Å²) in [5, 5.41) is 0. The predicted molar refractivity (Wildman–Crippen MR) is 16.9 cm³/mol. The summed E-state index contributed by atoms with van der Waals surface area (Å²) in [6, 6.07) is 0. The number of rotatable bonds is 0. The fourth-order valence-corrected chi connectivity index (χ4v) is 0. The molecule has 0 spiro atoms. The van der Waals surface area contributed by atoms with Crippen molar-refractivity contribution in [2.24, 2.45) is 0 Å². The van der Waals surface area contributed by atoms with E-state index in [0.29, 0.717) is 0 Å². The van der Waals surface area contributed by atoms with Crippen LogP contribution in [0.4, 0.5) is 0 Å². The zero-order chi connectivity index (χ0) is 3.58. The van der Waals surface area contributed by atoms with Crippen molar-refractivity contribution in [1.82, 2.24) is 0 Å². The van der Waals surface area contributed by atoms with Crippen LogP contribution in [0.25, 0.3) is 0 Å². The highest BCUT2D eigenvalue weighted by Crippen LogP contribution is 1.97. The zero-order valence-electron chi connectivity index (χ0n) is 1.79. The van der Waals surface area contributed by atoms with Crippen LogP contribution >= 0.6 is 11.7 Å². The van der Waals surface area contributed by atoms with E-state index in [1.807, 2.05) is 0 Å². The minimum absolute atomic E-state index is 2.62. The third-order valence-corrected chi connectivity index (χ3v) is 0. The molecule has 28 valence electrons. The number of hydrogen-bond donors (Lipinski definition) is 4. The summed E-state index contributed by atoms with van der Waals surface area (Å²) in [6.45, 7) is 0. The van der Waals surface area contributed by atoms with E-state index in [1.165, 1.54) is 0 Å². The highest BCUT2D eigenvalue weighted by atomic mass is 32.3. The monoisotopic (exact) mass is 84.0 g/mol. The molecule has 0 heterocycles. The van der Waals surface area contributed by atoms with Crippen LogP contribution in [-0.2, 0) is 0 Å². The van der Waals surface area contributed by atoms with Crippen LogP contribution in [0.1, 0.15) is 0 Å². The van der Waals surface area contributed by atoms with Gasteiger partial charge in [-0.15, -0.1) is 0 Å². The molecule has 4 heavy (non-hydrogen) atoms. The molecule has 3 N–H and O–H groups in total. The smallest absolute Gasteiger partial charge is 0.0687 e. The van der Waals surface area contributed by atoms with Crippen molar-refractivity contribution in [2.75, 3.05) is 0 Å². The predicted octanol–water partition coefficient (Wildman–Crippen LogP) is 0.407. The normalized spacial score (nSPS) is 11.2. The molecule has 0 saturated carbocycles. The maximum absolute atomic E-state index is 7.23. The van der Waals surface area contributed by atoms with Crippen LogP contribution in [0.2, 0.25) is 0 Å². The van der Waals surface area contributed by atoms with Gasteiger partial charge in [0, 0.05) is 0 Å². The fraction of sp³-hybridized carbons (Fsp3) is 0. The van der Waals surface area contributed by atoms with Gasteiger partial charge in [-0.25, -0.2) is 0 Å². The van der Waals surface area contributed by atoms with Gasteiger partial charge in [-0.3, -0.25) is 0 Å². The summed E-state index contributed by atoms with van der Waals surface area (Å²) in [7, 11) is 0. The van der Waals surface area contributed by atoms with E-state index in [-0.39, 0.29) is 0 Å². The largest absolute Gasteiger partial charge is 0.310 e. The SMILES string of the molecule is O[SH](O)O. The molecule has 0 atom stereocenters. The molecule has 4 heteroatoms. The second-order valence-electron chi connectivity index (χ2n) is 0.268. The third kappa shape index (κ3) is 63.8. The fourth-order valence-electron chi connectivity index (χ4n) is 0. The lowest BCUT2D eigenvalue weighted by Crippen LogP contribution is -1.61. The third-order valence-electron chi connectivity index (χ3n) is 0. The summed E-state index contributed by atoms with van der Waals surface area (Å²) in [4.78, 5) is 0. The molecule has 0 saturated heterocycles. The summed E-state index contributed by atoms with van der Waals surface area (Å²) >= 11 is -2.62. The van der Waals surface area contributed by atoms with Gasteiger partial charge in [0.25, 0.3) is 0 Å². The van der Waals surface area contributed by atoms with Crippen LogP contribution in [-0.4, -0.2) is 13.7 Å². The Labute approximate surface area is 26.5 Å². The van der Waals surface area contributed by atoms with Crippen molar-refractivity contribution in [3.8, 4) is 0 Å². The van der Waals surface area contributed by atoms with Crippen molar-refractivity contribution in [3.05, 3.63) is 0 Å². The maximum atomic E-state index is 7.23. The van der Waals surface area contributed by atoms with E-state index in [2.05, 4.69) is 0 Å². The summed E-state index contributed by atoms with van der Waals surface area (Å²) in [5.41, 5.74) is 0. The summed E-state index contributed by atoms with van der Waals surface area (Å²) in [5.74, 6) is 0. The lowest BCUT2D eigenvalue weighted by atomic mass is 15.8. The van der Waals surface area contributed by atoms with Crippen LogP contribution in [0.15, 0.2) is 0 Å². The second kappa shape index (κ2) is 1.54. The minimum atomic E-state index is -2.62. The molecule has 0 aromatic rings. The molecule has 0 aliphatic heterocycles. The topological polar surface area (TPSA) is 60.7 Å². The molecule has 0 aromatic carbocycles. The Morgan fingerprint density at radius 3 is 1.00 bits per heavy atom. The van der Waals surface area contributed by atoms with E-state index >= 15 is 0 Å². The van der Waals surface area contributed by atoms with Gasteiger partial charge in [-0.2, -0.15) is 0 Å². The molecule has 0 radical (unpaired) electrons. The molecule has 0 aliphatic carbocycles. The van der Waals surface area contributed by atoms with Crippen LogP contribution < -0.4 is 0 Å². The lowest BCUT2D eigenvalue weighted by molar-refractivity contribution is 0.408. The molecular weight excluding hydrogens is 80.1 g/mol. The Kier molecular flexibility index (Phi) is 1.63. The number of thiol groups is 1.